The lowest BCUT2D eigenvalue weighted by Gasteiger charge is -2.31. The van der Waals surface area contributed by atoms with Gasteiger partial charge in [0.2, 0.25) is 0 Å². The Balaban J connectivity index is 0.00000148. The summed E-state index contributed by atoms with van der Waals surface area (Å²) in [5.41, 5.74) is 8.13. The van der Waals surface area contributed by atoms with Gasteiger partial charge in [-0.25, -0.2) is 13.0 Å². The third-order valence-electron chi connectivity index (χ3n) is 6.94. The molecule has 1 aliphatic carbocycles. The van der Waals surface area contributed by atoms with E-state index in [1.165, 1.54) is 24.6 Å². The van der Waals surface area contributed by atoms with E-state index in [1.54, 1.807) is 16.1 Å². The normalized spacial score (nSPS) is 19.3. The van der Waals surface area contributed by atoms with Crippen LogP contribution in [0.5, 0.6) is 0 Å². The molecule has 2 aromatic carbocycles. The minimum atomic E-state index is -1.38. The fraction of sp³-hybridized carbons (Fsp3) is 0.464. The number of nitrogens with one attached hydrogen (secondary N) is 1. The first kappa shape index (κ1) is 26.3. The largest absolute Gasteiger partial charge is 0.382 e. The van der Waals surface area contributed by atoms with Crippen molar-refractivity contribution >= 4 is 33.5 Å². The standard InChI is InChI=1S/C26H29F2N3O2S.C2H6/c1-26(2)13-22-23(18-9-8-16(27)12-21(18)31(22)34(33)14-26)15-10-19(28)24(25(29)32)20(11-15)30-17-6-4-3-5-7-17;1-2/h8-12,17,30H,3-7,13-14H2,1-2H3,(H2,29,32);1-2H3. The van der Waals surface area contributed by atoms with Gasteiger partial charge in [-0.15, -0.1) is 0 Å². The number of primary amides is 1. The van der Waals surface area contributed by atoms with Crippen molar-refractivity contribution in [2.24, 2.45) is 11.1 Å². The Morgan fingerprint density at radius 2 is 1.81 bits per heavy atom. The fourth-order valence-corrected chi connectivity index (χ4v) is 7.16. The van der Waals surface area contributed by atoms with Crippen molar-refractivity contribution < 1.29 is 17.8 Å². The number of hydrogen-bond acceptors (Lipinski definition) is 3. The van der Waals surface area contributed by atoms with E-state index in [0.717, 1.165) is 36.9 Å². The summed E-state index contributed by atoms with van der Waals surface area (Å²) >= 11 is 0. The van der Waals surface area contributed by atoms with Crippen LogP contribution in [0.4, 0.5) is 14.5 Å². The van der Waals surface area contributed by atoms with Gasteiger partial charge in [-0.2, -0.15) is 0 Å². The Morgan fingerprint density at radius 3 is 2.47 bits per heavy atom. The lowest BCUT2D eigenvalue weighted by atomic mass is 9.87. The molecule has 1 unspecified atom stereocenters. The van der Waals surface area contributed by atoms with Crippen LogP contribution in [0.25, 0.3) is 22.0 Å². The zero-order chi connectivity index (χ0) is 26.2. The zero-order valence-electron chi connectivity index (χ0n) is 21.4. The average molecular weight is 516 g/mol. The molecule has 0 radical (unpaired) electrons. The van der Waals surface area contributed by atoms with Gasteiger partial charge >= 0.3 is 0 Å². The summed E-state index contributed by atoms with van der Waals surface area (Å²) < 4.78 is 44.5. The molecule has 2 aliphatic rings. The number of rotatable bonds is 4. The summed E-state index contributed by atoms with van der Waals surface area (Å²) in [4.78, 5) is 12.1. The summed E-state index contributed by atoms with van der Waals surface area (Å²) in [6.45, 7) is 8.09. The van der Waals surface area contributed by atoms with E-state index < -0.39 is 28.5 Å². The molecule has 3 N–H and O–H groups in total. The van der Waals surface area contributed by atoms with Gasteiger partial charge in [-0.1, -0.05) is 47.0 Å². The average Bonchev–Trinajstić information content (AvgIpc) is 3.12. The van der Waals surface area contributed by atoms with Gasteiger partial charge in [0, 0.05) is 28.4 Å². The minimum Gasteiger partial charge on any atom is -0.382 e. The molecule has 3 aromatic rings. The van der Waals surface area contributed by atoms with Gasteiger partial charge in [0.25, 0.3) is 5.91 Å². The summed E-state index contributed by atoms with van der Waals surface area (Å²) in [6, 6.07) is 7.62. The molecule has 1 fully saturated rings. The maximum absolute atomic E-state index is 15.4. The maximum Gasteiger partial charge on any atom is 0.253 e. The molecule has 5 rings (SSSR count). The lowest BCUT2D eigenvalue weighted by Crippen LogP contribution is -2.33. The first-order chi connectivity index (χ1) is 17.1. The van der Waals surface area contributed by atoms with Crippen LogP contribution in [0.3, 0.4) is 0 Å². The molecule has 1 aromatic heterocycles. The topological polar surface area (TPSA) is 77.1 Å². The highest BCUT2D eigenvalue weighted by Gasteiger charge is 2.35. The second kappa shape index (κ2) is 10.3. The molecule has 194 valence electrons. The number of carbonyl (C=O) groups is 1. The molecule has 0 saturated heterocycles. The number of nitrogens with zero attached hydrogens (tertiary/aromatic N) is 1. The van der Waals surface area contributed by atoms with Gasteiger partial charge < -0.3 is 11.1 Å². The number of carbonyl (C=O) groups excluding carboxylic acids is 1. The molecular formula is C28H35F2N3O2S. The van der Waals surface area contributed by atoms with Crippen LogP contribution < -0.4 is 11.1 Å². The number of hydrogen-bond donors (Lipinski definition) is 2. The van der Waals surface area contributed by atoms with E-state index in [4.69, 9.17) is 5.73 Å². The molecule has 8 heteroatoms. The summed E-state index contributed by atoms with van der Waals surface area (Å²) in [5, 5.41) is 4.07. The van der Waals surface area contributed by atoms with E-state index in [0.29, 0.717) is 34.3 Å². The first-order valence-corrected chi connectivity index (χ1v) is 14.0. The van der Waals surface area contributed by atoms with Gasteiger partial charge in [-0.3, -0.25) is 8.77 Å². The van der Waals surface area contributed by atoms with E-state index in [1.807, 2.05) is 27.7 Å². The Labute approximate surface area is 214 Å². The number of aromatic nitrogens is 1. The van der Waals surface area contributed by atoms with Crippen LogP contribution in [0.15, 0.2) is 30.3 Å². The SMILES string of the molecule is CC.CC1(C)Cc2c(-c3cc(F)c(C(N)=O)c(NC4CCCCC4)c3)c3ccc(F)cc3n2S(=O)C1. The van der Waals surface area contributed by atoms with Gasteiger partial charge in [-0.05, 0) is 60.6 Å². The zero-order valence-corrected chi connectivity index (χ0v) is 22.2. The minimum absolute atomic E-state index is 0.140. The highest BCUT2D eigenvalue weighted by molar-refractivity contribution is 7.83. The Kier molecular flexibility index (Phi) is 7.55. The van der Waals surface area contributed by atoms with Gasteiger partial charge in [0.15, 0.2) is 0 Å². The van der Waals surface area contributed by atoms with Crippen LogP contribution in [-0.4, -0.2) is 25.9 Å². The number of nitrogens with two attached hydrogens (primary N) is 1. The monoisotopic (exact) mass is 515 g/mol. The number of benzene rings is 2. The number of fused-ring (bicyclic) bond motifs is 3. The quantitative estimate of drug-likeness (QED) is 0.414. The second-order valence-corrected chi connectivity index (χ2v) is 11.6. The van der Waals surface area contributed by atoms with E-state index in [-0.39, 0.29) is 17.0 Å². The molecule has 36 heavy (non-hydrogen) atoms. The molecule has 0 bridgehead atoms. The fourth-order valence-electron chi connectivity index (χ4n) is 5.49. The number of anilines is 1. The van der Waals surface area contributed by atoms with Crippen molar-refractivity contribution in [3.05, 3.63) is 53.2 Å². The van der Waals surface area contributed by atoms with Crippen LogP contribution in [-0.2, 0) is 17.4 Å². The number of amides is 1. The van der Waals surface area contributed by atoms with E-state index in [2.05, 4.69) is 5.32 Å². The Morgan fingerprint density at radius 1 is 1.11 bits per heavy atom. The van der Waals surface area contributed by atoms with Crippen molar-refractivity contribution in [1.82, 2.24) is 3.97 Å². The summed E-state index contributed by atoms with van der Waals surface area (Å²) in [5.74, 6) is -1.50. The molecule has 0 spiro atoms. The first-order valence-electron chi connectivity index (χ1n) is 12.8. The Hall–Kier alpha value is -2.74. The third-order valence-corrected chi connectivity index (χ3v) is 8.79. The number of halogens is 2. The molecule has 1 saturated carbocycles. The third kappa shape index (κ3) is 4.92. The van der Waals surface area contributed by atoms with Crippen molar-refractivity contribution in [1.29, 1.82) is 0 Å². The van der Waals surface area contributed by atoms with Crippen LogP contribution in [0.1, 0.15) is 75.9 Å². The predicted molar refractivity (Wildman–Crippen MR) is 144 cm³/mol. The predicted octanol–water partition coefficient (Wildman–Crippen LogP) is 6.55. The van der Waals surface area contributed by atoms with Gasteiger partial charge in [0.1, 0.15) is 22.6 Å². The highest BCUT2D eigenvalue weighted by atomic mass is 32.2. The van der Waals surface area contributed by atoms with Crippen molar-refractivity contribution in [3.63, 3.8) is 0 Å². The Bertz CT molecular complexity index is 1330. The summed E-state index contributed by atoms with van der Waals surface area (Å²) in [7, 11) is -1.38. The van der Waals surface area contributed by atoms with Crippen molar-refractivity contribution in [2.75, 3.05) is 11.1 Å². The molecule has 1 aliphatic heterocycles. The van der Waals surface area contributed by atoms with E-state index >= 15 is 4.39 Å². The van der Waals surface area contributed by atoms with Crippen LogP contribution in [0.2, 0.25) is 0 Å². The summed E-state index contributed by atoms with van der Waals surface area (Å²) in [6.07, 6.45) is 5.82. The van der Waals surface area contributed by atoms with Gasteiger partial charge in [0.05, 0.1) is 16.8 Å². The highest BCUT2D eigenvalue weighted by Crippen LogP contribution is 2.43. The molecule has 5 nitrogen and oxygen atoms in total. The van der Waals surface area contributed by atoms with Crippen molar-refractivity contribution in [3.8, 4) is 11.1 Å². The molecule has 2 heterocycles. The molecule has 1 atom stereocenters. The molecule has 1 amide bonds. The molecular weight excluding hydrogens is 480 g/mol. The van der Waals surface area contributed by atoms with Crippen LogP contribution in [0, 0.1) is 17.0 Å². The van der Waals surface area contributed by atoms with E-state index in [9.17, 15) is 13.4 Å². The smallest absolute Gasteiger partial charge is 0.253 e. The lowest BCUT2D eigenvalue weighted by molar-refractivity contribution is 0.0997. The van der Waals surface area contributed by atoms with Crippen LogP contribution >= 0.6 is 0 Å². The maximum atomic E-state index is 15.4. The van der Waals surface area contributed by atoms with Crippen molar-refractivity contribution in [2.45, 2.75) is 72.3 Å². The second-order valence-electron chi connectivity index (χ2n) is 10.3.